The van der Waals surface area contributed by atoms with E-state index in [1.165, 1.54) is 19.2 Å². The minimum atomic E-state index is 0.545. The maximum Gasteiger partial charge on any atom is 0.127 e. The molecule has 4 heteroatoms. The van der Waals surface area contributed by atoms with Crippen molar-refractivity contribution in [3.63, 3.8) is 0 Å². The molecule has 66 valence electrons. The van der Waals surface area contributed by atoms with Crippen LogP contribution in [0.4, 0.5) is 5.82 Å². The van der Waals surface area contributed by atoms with E-state index in [9.17, 15) is 0 Å². The highest BCUT2D eigenvalue weighted by Crippen LogP contribution is 2.16. The Balaban J connectivity index is 2.41. The summed E-state index contributed by atoms with van der Waals surface area (Å²) in [5, 5.41) is 0.968. The van der Waals surface area contributed by atoms with Crippen molar-refractivity contribution >= 4 is 17.6 Å². The number of nitrogens with two attached hydrogens (primary N) is 1. The monoisotopic (exact) mass is 183 g/mol. The average Bonchev–Trinajstić information content (AvgIpc) is 2.05. The Morgan fingerprint density at radius 1 is 1.50 bits per heavy atom. The van der Waals surface area contributed by atoms with E-state index >= 15 is 0 Å². The summed E-state index contributed by atoms with van der Waals surface area (Å²) in [6, 6.07) is 1.81. The SMILES string of the molecule is CCCCSc1cc(N)ncn1. The molecule has 2 N–H and O–H groups in total. The predicted octanol–water partition coefficient (Wildman–Crippen LogP) is 1.95. The first-order valence-corrected chi connectivity index (χ1v) is 5.02. The second-order valence-corrected chi connectivity index (χ2v) is 3.60. The van der Waals surface area contributed by atoms with Crippen LogP contribution in [0.2, 0.25) is 0 Å². The van der Waals surface area contributed by atoms with Crippen LogP contribution < -0.4 is 5.73 Å². The smallest absolute Gasteiger partial charge is 0.127 e. The average molecular weight is 183 g/mol. The van der Waals surface area contributed by atoms with Gasteiger partial charge >= 0.3 is 0 Å². The van der Waals surface area contributed by atoms with E-state index < -0.39 is 0 Å². The van der Waals surface area contributed by atoms with Gasteiger partial charge in [-0.05, 0) is 12.2 Å². The summed E-state index contributed by atoms with van der Waals surface area (Å²) in [7, 11) is 0. The lowest BCUT2D eigenvalue weighted by Crippen LogP contribution is -1.91. The van der Waals surface area contributed by atoms with Gasteiger partial charge in [0, 0.05) is 6.07 Å². The van der Waals surface area contributed by atoms with Crippen molar-refractivity contribution in [2.24, 2.45) is 0 Å². The number of nitrogen functional groups attached to an aromatic ring is 1. The summed E-state index contributed by atoms with van der Waals surface area (Å²) in [5.74, 6) is 1.65. The fraction of sp³-hybridized carbons (Fsp3) is 0.500. The molecule has 0 unspecified atom stereocenters. The first-order valence-electron chi connectivity index (χ1n) is 4.03. The second-order valence-electron chi connectivity index (χ2n) is 2.48. The van der Waals surface area contributed by atoms with Crippen LogP contribution in [0.5, 0.6) is 0 Å². The summed E-state index contributed by atoms with van der Waals surface area (Å²) in [6.07, 6.45) is 3.94. The molecule has 0 aromatic carbocycles. The molecular formula is C8H13N3S. The largest absolute Gasteiger partial charge is 0.384 e. The zero-order valence-electron chi connectivity index (χ0n) is 7.16. The molecule has 0 amide bonds. The van der Waals surface area contributed by atoms with Crippen LogP contribution in [-0.4, -0.2) is 15.7 Å². The molecule has 1 aromatic rings. The summed E-state index contributed by atoms with van der Waals surface area (Å²) in [5.41, 5.74) is 5.50. The molecule has 0 spiro atoms. The van der Waals surface area contributed by atoms with Gasteiger partial charge < -0.3 is 5.73 Å². The quantitative estimate of drug-likeness (QED) is 0.440. The molecule has 0 aliphatic heterocycles. The zero-order chi connectivity index (χ0) is 8.81. The fourth-order valence-electron chi connectivity index (χ4n) is 0.753. The van der Waals surface area contributed by atoms with Crippen LogP contribution in [0.15, 0.2) is 17.4 Å². The first kappa shape index (κ1) is 9.32. The molecule has 0 saturated carbocycles. The van der Waals surface area contributed by atoms with Gasteiger partial charge in [0.2, 0.25) is 0 Å². The van der Waals surface area contributed by atoms with Crippen LogP contribution in [-0.2, 0) is 0 Å². The Morgan fingerprint density at radius 2 is 2.33 bits per heavy atom. The molecule has 1 rings (SSSR count). The van der Waals surface area contributed by atoms with Crippen LogP contribution in [0.3, 0.4) is 0 Å². The highest BCUT2D eigenvalue weighted by molar-refractivity contribution is 7.99. The molecule has 1 aromatic heterocycles. The summed E-state index contributed by atoms with van der Waals surface area (Å²) in [4.78, 5) is 7.90. The third-order valence-electron chi connectivity index (χ3n) is 1.41. The van der Waals surface area contributed by atoms with Crippen LogP contribution in [0.25, 0.3) is 0 Å². The van der Waals surface area contributed by atoms with Crippen molar-refractivity contribution in [3.05, 3.63) is 12.4 Å². The Bertz CT molecular complexity index is 239. The second kappa shape index (κ2) is 4.98. The van der Waals surface area contributed by atoms with Gasteiger partial charge in [-0.25, -0.2) is 9.97 Å². The van der Waals surface area contributed by atoms with E-state index in [-0.39, 0.29) is 0 Å². The van der Waals surface area contributed by atoms with E-state index in [4.69, 9.17) is 5.73 Å². The molecule has 3 nitrogen and oxygen atoms in total. The van der Waals surface area contributed by atoms with Crippen LogP contribution in [0.1, 0.15) is 19.8 Å². The lowest BCUT2D eigenvalue weighted by molar-refractivity contribution is 0.894. The van der Waals surface area contributed by atoms with Gasteiger partial charge in [0.25, 0.3) is 0 Å². The van der Waals surface area contributed by atoms with Gasteiger partial charge in [-0.1, -0.05) is 13.3 Å². The van der Waals surface area contributed by atoms with Gasteiger partial charge in [0.1, 0.15) is 17.2 Å². The van der Waals surface area contributed by atoms with E-state index in [0.29, 0.717) is 5.82 Å². The lowest BCUT2D eigenvalue weighted by atomic mass is 10.4. The number of anilines is 1. The molecule has 0 bridgehead atoms. The normalized spacial score (nSPS) is 10.1. The Hall–Kier alpha value is -0.770. The van der Waals surface area contributed by atoms with Crippen molar-refractivity contribution in [3.8, 4) is 0 Å². The number of thioether (sulfide) groups is 1. The predicted molar refractivity (Wildman–Crippen MR) is 52.1 cm³/mol. The molecule has 0 aliphatic rings. The van der Waals surface area contributed by atoms with Gasteiger partial charge in [0.05, 0.1) is 0 Å². The maximum absolute atomic E-state index is 5.50. The minimum absolute atomic E-state index is 0.545. The molecular weight excluding hydrogens is 170 g/mol. The standard InChI is InChI=1S/C8H13N3S/c1-2-3-4-12-8-5-7(9)10-6-11-8/h5-6H,2-4H2,1H3,(H2,9,10,11). The number of unbranched alkanes of at least 4 members (excludes halogenated alkanes) is 1. The fourth-order valence-corrected chi connectivity index (χ4v) is 1.72. The van der Waals surface area contributed by atoms with Gasteiger partial charge in [0.15, 0.2) is 0 Å². The topological polar surface area (TPSA) is 51.8 Å². The van der Waals surface area contributed by atoms with Gasteiger partial charge in [-0.2, -0.15) is 0 Å². The highest BCUT2D eigenvalue weighted by Gasteiger charge is 1.95. The van der Waals surface area contributed by atoms with Crippen LogP contribution in [0, 0.1) is 0 Å². The first-order chi connectivity index (χ1) is 5.83. The molecule has 0 fully saturated rings. The molecule has 0 aliphatic carbocycles. The number of hydrogen-bond donors (Lipinski definition) is 1. The maximum atomic E-state index is 5.50. The van der Waals surface area contributed by atoms with Gasteiger partial charge in [-0.3, -0.25) is 0 Å². The molecule has 0 radical (unpaired) electrons. The van der Waals surface area contributed by atoms with Crippen molar-refractivity contribution in [1.82, 2.24) is 9.97 Å². The lowest BCUT2D eigenvalue weighted by Gasteiger charge is -1.98. The van der Waals surface area contributed by atoms with E-state index in [1.54, 1.807) is 17.8 Å². The van der Waals surface area contributed by atoms with E-state index in [1.807, 2.05) is 0 Å². The van der Waals surface area contributed by atoms with E-state index in [2.05, 4.69) is 16.9 Å². The molecule has 0 saturated heterocycles. The Labute approximate surface area is 76.8 Å². The summed E-state index contributed by atoms with van der Waals surface area (Å²) in [6.45, 7) is 2.18. The minimum Gasteiger partial charge on any atom is -0.384 e. The molecule has 0 atom stereocenters. The van der Waals surface area contributed by atoms with Gasteiger partial charge in [-0.15, -0.1) is 11.8 Å². The zero-order valence-corrected chi connectivity index (χ0v) is 7.97. The van der Waals surface area contributed by atoms with Crippen LogP contribution >= 0.6 is 11.8 Å². The van der Waals surface area contributed by atoms with Crippen molar-refractivity contribution in [2.45, 2.75) is 24.8 Å². The molecule has 1 heterocycles. The van der Waals surface area contributed by atoms with Crippen molar-refractivity contribution in [1.29, 1.82) is 0 Å². The number of aromatic nitrogens is 2. The summed E-state index contributed by atoms with van der Waals surface area (Å²) >= 11 is 1.73. The highest BCUT2D eigenvalue weighted by atomic mass is 32.2. The number of hydrogen-bond acceptors (Lipinski definition) is 4. The van der Waals surface area contributed by atoms with Crippen molar-refractivity contribution < 1.29 is 0 Å². The molecule has 12 heavy (non-hydrogen) atoms. The Kier molecular flexibility index (Phi) is 3.87. The third-order valence-corrected chi connectivity index (χ3v) is 2.42. The van der Waals surface area contributed by atoms with E-state index in [0.717, 1.165) is 10.8 Å². The van der Waals surface area contributed by atoms with Crippen molar-refractivity contribution in [2.75, 3.05) is 11.5 Å². The third kappa shape index (κ3) is 3.09. The number of nitrogens with zero attached hydrogens (tertiary/aromatic N) is 2. The summed E-state index contributed by atoms with van der Waals surface area (Å²) < 4.78 is 0. The Morgan fingerprint density at radius 3 is 3.00 bits per heavy atom. The number of rotatable bonds is 4.